The fourth-order valence-electron chi connectivity index (χ4n) is 6.62. The summed E-state index contributed by atoms with van der Waals surface area (Å²) in [6.45, 7) is 6.57. The summed E-state index contributed by atoms with van der Waals surface area (Å²) >= 11 is 0. The van der Waals surface area contributed by atoms with Gasteiger partial charge in [0.15, 0.2) is 0 Å². The second-order valence-corrected chi connectivity index (χ2v) is 12.0. The second-order valence-electron chi connectivity index (χ2n) is 12.0. The lowest BCUT2D eigenvalue weighted by Gasteiger charge is -2.41. The van der Waals surface area contributed by atoms with Gasteiger partial charge in [-0.25, -0.2) is 0 Å². The molecule has 206 valence electrons. The van der Waals surface area contributed by atoms with Gasteiger partial charge in [0, 0.05) is 50.7 Å². The van der Waals surface area contributed by atoms with Crippen molar-refractivity contribution in [1.29, 1.82) is 5.26 Å². The Morgan fingerprint density at radius 2 is 1.93 bits per heavy atom. The minimum Gasteiger partial charge on any atom is -0.320 e. The van der Waals surface area contributed by atoms with Crippen molar-refractivity contribution in [1.82, 2.24) is 24.6 Å². The number of likely N-dealkylation sites (tertiary alicyclic amines) is 1. The highest BCUT2D eigenvalue weighted by Crippen LogP contribution is 2.53. The molecule has 2 aliphatic carbocycles. The molecule has 1 aromatic carbocycles. The van der Waals surface area contributed by atoms with E-state index in [1.165, 1.54) is 30.0 Å². The van der Waals surface area contributed by atoms with Crippen molar-refractivity contribution in [2.75, 3.05) is 24.5 Å². The summed E-state index contributed by atoms with van der Waals surface area (Å²) in [5.74, 6) is 1.50. The van der Waals surface area contributed by atoms with Gasteiger partial charge in [-0.05, 0) is 72.4 Å². The van der Waals surface area contributed by atoms with Crippen LogP contribution in [0.2, 0.25) is 0 Å². The predicted octanol–water partition coefficient (Wildman–Crippen LogP) is 5.54. The smallest absolute Gasteiger partial charge is 0.320 e. The minimum absolute atomic E-state index is 0.0382. The SMILES string of the molecule is C=C1N2C=C(CN3CC4(CC4)C3)C=C(C(F)(F)F)C2=CN1c1cc(C#N)cc(C(c2nncn2C)C2CCC2)c1. The lowest BCUT2D eigenvalue weighted by atomic mass is 9.72. The lowest BCUT2D eigenvalue weighted by Crippen LogP contribution is -2.49. The Hall–Kier alpha value is -3.84. The van der Waals surface area contributed by atoms with Crippen molar-refractivity contribution in [2.45, 2.75) is 44.2 Å². The van der Waals surface area contributed by atoms with Gasteiger partial charge in [-0.1, -0.05) is 13.0 Å². The number of aryl methyl sites for hydroxylation is 1. The van der Waals surface area contributed by atoms with Crippen LogP contribution < -0.4 is 4.90 Å². The fourth-order valence-corrected chi connectivity index (χ4v) is 6.62. The summed E-state index contributed by atoms with van der Waals surface area (Å²) in [5.41, 5.74) is 2.33. The van der Waals surface area contributed by atoms with E-state index >= 15 is 0 Å². The van der Waals surface area contributed by atoms with Crippen LogP contribution in [0.1, 0.15) is 55.0 Å². The van der Waals surface area contributed by atoms with Crippen LogP contribution in [-0.4, -0.2) is 50.4 Å². The van der Waals surface area contributed by atoms with Gasteiger partial charge in [0.05, 0.1) is 22.9 Å². The first-order valence-electron chi connectivity index (χ1n) is 13.7. The molecule has 1 aromatic heterocycles. The number of hydrogen-bond donors (Lipinski definition) is 0. The van der Waals surface area contributed by atoms with Crippen molar-refractivity contribution in [2.24, 2.45) is 18.4 Å². The first kappa shape index (κ1) is 25.1. The molecule has 1 atom stereocenters. The number of nitrogens with zero attached hydrogens (tertiary/aromatic N) is 7. The van der Waals surface area contributed by atoms with E-state index in [2.05, 4.69) is 27.7 Å². The molecule has 1 unspecified atom stereocenters. The standard InChI is InChI=1S/C30H30F3N7/c1-19-39(15-26-25(30(31,32)33)10-21(14-40(19)26)13-38-16-29(17-38)6-7-29)24-9-20(12-34)8-23(11-24)27(22-4-3-5-22)28-36-35-18-37(28)2/h8-11,14-15,18,22,27H,1,3-7,13,16-17H2,2H3. The molecular formula is C30H30F3N7. The van der Waals surface area contributed by atoms with Gasteiger partial charge >= 0.3 is 6.18 Å². The molecule has 10 heteroatoms. The van der Waals surface area contributed by atoms with Crippen LogP contribution in [0.3, 0.4) is 0 Å². The molecule has 0 N–H and O–H groups in total. The molecule has 3 aliphatic heterocycles. The van der Waals surface area contributed by atoms with Gasteiger partial charge in [-0.3, -0.25) is 4.90 Å². The number of hydrogen-bond acceptors (Lipinski definition) is 6. The van der Waals surface area contributed by atoms with E-state index in [1.807, 2.05) is 23.7 Å². The fraction of sp³-hybridized carbons (Fsp3) is 0.433. The number of fused-ring (bicyclic) bond motifs is 1. The van der Waals surface area contributed by atoms with Crippen molar-refractivity contribution >= 4 is 5.69 Å². The molecule has 0 amide bonds. The average Bonchev–Trinajstić information content (AvgIpc) is 3.45. The van der Waals surface area contributed by atoms with Crippen LogP contribution >= 0.6 is 0 Å². The predicted molar refractivity (Wildman–Crippen MR) is 143 cm³/mol. The number of halogens is 3. The van der Waals surface area contributed by atoms with Crippen LogP contribution in [0.5, 0.6) is 0 Å². The molecule has 40 heavy (non-hydrogen) atoms. The normalized spacial score (nSPS) is 22.7. The van der Waals surface area contributed by atoms with E-state index in [1.54, 1.807) is 23.5 Å². The Kier molecular flexibility index (Phi) is 5.55. The summed E-state index contributed by atoms with van der Waals surface area (Å²) in [5, 5.41) is 18.4. The third kappa shape index (κ3) is 4.15. The summed E-state index contributed by atoms with van der Waals surface area (Å²) in [4.78, 5) is 5.41. The Morgan fingerprint density at radius 1 is 1.15 bits per heavy atom. The summed E-state index contributed by atoms with van der Waals surface area (Å²) in [6, 6.07) is 7.76. The Bertz CT molecular complexity index is 1520. The van der Waals surface area contributed by atoms with Gasteiger partial charge < -0.3 is 14.4 Å². The molecule has 1 saturated heterocycles. The molecule has 0 bridgehead atoms. The molecule has 1 spiro atoms. The Morgan fingerprint density at radius 3 is 2.52 bits per heavy atom. The van der Waals surface area contributed by atoms with Crippen LogP contribution in [0.4, 0.5) is 18.9 Å². The van der Waals surface area contributed by atoms with E-state index in [0.29, 0.717) is 40.5 Å². The third-order valence-corrected chi connectivity index (χ3v) is 9.11. The number of anilines is 1. The molecule has 4 heterocycles. The highest BCUT2D eigenvalue weighted by atomic mass is 19.4. The average molecular weight is 546 g/mol. The molecule has 3 fully saturated rings. The minimum atomic E-state index is -4.52. The number of benzene rings is 1. The molecular weight excluding hydrogens is 515 g/mol. The lowest BCUT2D eigenvalue weighted by molar-refractivity contribution is -0.0909. The Balaban J connectivity index is 1.24. The van der Waals surface area contributed by atoms with Gasteiger partial charge in [0.2, 0.25) is 0 Å². The van der Waals surface area contributed by atoms with Gasteiger partial charge in [-0.2, -0.15) is 18.4 Å². The van der Waals surface area contributed by atoms with Crippen molar-refractivity contribution in [3.05, 3.63) is 89.2 Å². The van der Waals surface area contributed by atoms with Crippen LogP contribution in [-0.2, 0) is 7.05 Å². The summed E-state index contributed by atoms with van der Waals surface area (Å²) in [7, 11) is 1.90. The maximum Gasteiger partial charge on any atom is 0.418 e. The van der Waals surface area contributed by atoms with Crippen LogP contribution in [0.25, 0.3) is 0 Å². The maximum atomic E-state index is 14.3. The van der Waals surface area contributed by atoms with E-state index in [-0.39, 0.29) is 11.6 Å². The second kappa shape index (κ2) is 8.83. The third-order valence-electron chi connectivity index (χ3n) is 9.11. The van der Waals surface area contributed by atoms with Gasteiger partial charge in [0.1, 0.15) is 18.0 Å². The first-order chi connectivity index (χ1) is 19.1. The van der Waals surface area contributed by atoms with Crippen molar-refractivity contribution in [3.8, 4) is 6.07 Å². The highest BCUT2D eigenvalue weighted by Gasteiger charge is 2.52. The van der Waals surface area contributed by atoms with Crippen molar-refractivity contribution < 1.29 is 13.2 Å². The van der Waals surface area contributed by atoms with Crippen LogP contribution in [0, 0.1) is 22.7 Å². The molecule has 2 aromatic rings. The van der Waals surface area contributed by atoms with E-state index in [4.69, 9.17) is 0 Å². The quantitative estimate of drug-likeness (QED) is 0.475. The topological polar surface area (TPSA) is 64.2 Å². The molecule has 2 saturated carbocycles. The van der Waals surface area contributed by atoms with E-state index in [9.17, 15) is 18.4 Å². The molecule has 7 nitrogen and oxygen atoms in total. The zero-order chi connectivity index (χ0) is 27.8. The number of rotatable bonds is 6. The monoisotopic (exact) mass is 545 g/mol. The molecule has 5 aliphatic rings. The zero-order valence-electron chi connectivity index (χ0n) is 22.3. The van der Waals surface area contributed by atoms with E-state index < -0.39 is 11.7 Å². The summed E-state index contributed by atoms with van der Waals surface area (Å²) < 4.78 is 44.8. The zero-order valence-corrected chi connectivity index (χ0v) is 22.3. The molecule has 0 radical (unpaired) electrons. The first-order valence-corrected chi connectivity index (χ1v) is 13.7. The number of allylic oxidation sites excluding steroid dienone is 1. The largest absolute Gasteiger partial charge is 0.418 e. The molecule has 7 rings (SSSR count). The van der Waals surface area contributed by atoms with Gasteiger partial charge in [-0.15, -0.1) is 10.2 Å². The summed E-state index contributed by atoms with van der Waals surface area (Å²) in [6.07, 6.45) is 7.34. The van der Waals surface area contributed by atoms with Crippen molar-refractivity contribution in [3.63, 3.8) is 0 Å². The van der Waals surface area contributed by atoms with Gasteiger partial charge in [0.25, 0.3) is 0 Å². The number of alkyl halides is 3. The highest BCUT2D eigenvalue weighted by molar-refractivity contribution is 5.66. The number of nitriles is 1. The maximum absolute atomic E-state index is 14.3. The van der Waals surface area contributed by atoms with Crippen LogP contribution in [0.15, 0.2) is 72.2 Å². The van der Waals surface area contributed by atoms with E-state index in [0.717, 1.165) is 43.7 Å². The number of aromatic nitrogens is 3. The Labute approximate surface area is 231 Å².